The van der Waals surface area contributed by atoms with Gasteiger partial charge in [0, 0.05) is 18.2 Å². The van der Waals surface area contributed by atoms with E-state index in [1.165, 1.54) is 0 Å². The van der Waals surface area contributed by atoms with Crippen LogP contribution < -0.4 is 11.1 Å². The largest absolute Gasteiger partial charge is 0.350 e. The maximum absolute atomic E-state index is 11.7. The van der Waals surface area contributed by atoms with E-state index in [9.17, 15) is 4.79 Å². The van der Waals surface area contributed by atoms with Gasteiger partial charge in [-0.1, -0.05) is 19.1 Å². The Hall–Kier alpha value is -1.35. The first-order valence-electron chi connectivity index (χ1n) is 5.27. The summed E-state index contributed by atoms with van der Waals surface area (Å²) in [7, 11) is 0. The predicted molar refractivity (Wildman–Crippen MR) is 61.6 cm³/mol. The Balaban J connectivity index is 2.73. The van der Waals surface area contributed by atoms with Crippen molar-refractivity contribution < 1.29 is 4.79 Å². The molecule has 0 radical (unpaired) electrons. The highest BCUT2D eigenvalue weighted by Gasteiger charge is 2.08. The van der Waals surface area contributed by atoms with Crippen LogP contribution in [0.5, 0.6) is 0 Å². The fourth-order valence-corrected chi connectivity index (χ4v) is 1.25. The number of hydrogen-bond donors (Lipinski definition) is 2. The molecular weight excluding hydrogens is 188 g/mol. The molecule has 0 saturated heterocycles. The predicted octanol–water partition coefficient (Wildman–Crippen LogP) is 1.67. The van der Waals surface area contributed by atoms with Gasteiger partial charge in [-0.05, 0) is 31.0 Å². The van der Waals surface area contributed by atoms with Crippen LogP contribution in [0.4, 0.5) is 0 Å². The summed E-state index contributed by atoms with van der Waals surface area (Å²) < 4.78 is 0. The van der Waals surface area contributed by atoms with Gasteiger partial charge in [0.15, 0.2) is 0 Å². The first-order chi connectivity index (χ1) is 7.17. The molecule has 1 aromatic rings. The second-order valence-electron chi connectivity index (χ2n) is 3.69. The van der Waals surface area contributed by atoms with Crippen molar-refractivity contribution >= 4 is 5.91 Å². The van der Waals surface area contributed by atoms with Crippen molar-refractivity contribution in [2.24, 2.45) is 5.73 Å². The van der Waals surface area contributed by atoms with Gasteiger partial charge in [-0.2, -0.15) is 0 Å². The Bertz CT molecular complexity index is 336. The van der Waals surface area contributed by atoms with E-state index < -0.39 is 0 Å². The fraction of sp³-hybridized carbons (Fsp3) is 0.417. The van der Waals surface area contributed by atoms with Crippen molar-refractivity contribution in [2.75, 3.05) is 0 Å². The highest BCUT2D eigenvalue weighted by Crippen LogP contribution is 2.05. The second-order valence-corrected chi connectivity index (χ2v) is 3.69. The number of carbonyl (C=O) groups is 1. The molecule has 1 amide bonds. The average molecular weight is 206 g/mol. The third kappa shape index (κ3) is 3.36. The van der Waals surface area contributed by atoms with E-state index in [2.05, 4.69) is 5.32 Å². The zero-order valence-electron chi connectivity index (χ0n) is 9.29. The molecular formula is C12H18N2O. The van der Waals surface area contributed by atoms with E-state index in [0.717, 1.165) is 12.0 Å². The minimum absolute atomic E-state index is 0.0281. The number of carbonyl (C=O) groups excluding carboxylic acids is 1. The van der Waals surface area contributed by atoms with E-state index in [1.54, 1.807) is 6.07 Å². The summed E-state index contributed by atoms with van der Waals surface area (Å²) in [6, 6.07) is 7.61. The van der Waals surface area contributed by atoms with Gasteiger partial charge in [0.25, 0.3) is 5.91 Å². The van der Waals surface area contributed by atoms with Crippen LogP contribution in [0.25, 0.3) is 0 Å². The van der Waals surface area contributed by atoms with Gasteiger partial charge < -0.3 is 11.1 Å². The van der Waals surface area contributed by atoms with Crippen LogP contribution in [-0.2, 0) is 6.54 Å². The highest BCUT2D eigenvalue weighted by atomic mass is 16.1. The summed E-state index contributed by atoms with van der Waals surface area (Å²) in [6.45, 7) is 4.50. The summed E-state index contributed by atoms with van der Waals surface area (Å²) in [4.78, 5) is 11.7. The van der Waals surface area contributed by atoms with E-state index in [4.69, 9.17) is 5.73 Å². The van der Waals surface area contributed by atoms with E-state index >= 15 is 0 Å². The summed E-state index contributed by atoms with van der Waals surface area (Å²) >= 11 is 0. The van der Waals surface area contributed by atoms with Crippen LogP contribution >= 0.6 is 0 Å². The Morgan fingerprint density at radius 1 is 1.53 bits per heavy atom. The Morgan fingerprint density at radius 3 is 2.87 bits per heavy atom. The van der Waals surface area contributed by atoms with Gasteiger partial charge in [-0.15, -0.1) is 0 Å². The second kappa shape index (κ2) is 5.51. The molecule has 82 valence electrons. The van der Waals surface area contributed by atoms with Crippen LogP contribution in [0.3, 0.4) is 0 Å². The molecule has 0 aromatic heterocycles. The molecule has 1 atom stereocenters. The molecule has 15 heavy (non-hydrogen) atoms. The maximum Gasteiger partial charge on any atom is 0.251 e. The van der Waals surface area contributed by atoms with E-state index in [0.29, 0.717) is 12.1 Å². The smallest absolute Gasteiger partial charge is 0.251 e. The summed E-state index contributed by atoms with van der Waals surface area (Å²) in [5, 5.41) is 2.92. The topological polar surface area (TPSA) is 55.1 Å². The Kier molecular flexibility index (Phi) is 4.31. The molecule has 1 unspecified atom stereocenters. The normalized spacial score (nSPS) is 12.2. The SMILES string of the molecule is CCC(C)NC(=O)c1cccc(CN)c1. The fourth-order valence-electron chi connectivity index (χ4n) is 1.25. The zero-order valence-corrected chi connectivity index (χ0v) is 9.29. The van der Waals surface area contributed by atoms with Crippen molar-refractivity contribution in [1.29, 1.82) is 0 Å². The van der Waals surface area contributed by atoms with E-state index in [-0.39, 0.29) is 11.9 Å². The summed E-state index contributed by atoms with van der Waals surface area (Å²) in [6.07, 6.45) is 0.933. The zero-order chi connectivity index (χ0) is 11.3. The molecule has 0 aliphatic carbocycles. The number of nitrogens with one attached hydrogen (secondary N) is 1. The van der Waals surface area contributed by atoms with Gasteiger partial charge in [0.05, 0.1) is 0 Å². The summed E-state index contributed by atoms with van der Waals surface area (Å²) in [5.74, 6) is -0.0281. The van der Waals surface area contributed by atoms with Crippen LogP contribution in [0.15, 0.2) is 24.3 Å². The lowest BCUT2D eigenvalue weighted by Gasteiger charge is -2.11. The molecule has 1 aromatic carbocycles. The third-order valence-electron chi connectivity index (χ3n) is 2.41. The van der Waals surface area contributed by atoms with Crippen LogP contribution in [0.2, 0.25) is 0 Å². The molecule has 0 spiro atoms. The number of hydrogen-bond acceptors (Lipinski definition) is 2. The van der Waals surface area contributed by atoms with Gasteiger partial charge in [-0.3, -0.25) is 4.79 Å². The van der Waals surface area contributed by atoms with Crippen molar-refractivity contribution in [1.82, 2.24) is 5.32 Å². The van der Waals surface area contributed by atoms with Crippen molar-refractivity contribution in [3.8, 4) is 0 Å². The Labute approximate surface area is 90.7 Å². The standard InChI is InChI=1S/C12H18N2O/c1-3-9(2)14-12(15)11-6-4-5-10(7-11)8-13/h4-7,9H,3,8,13H2,1-2H3,(H,14,15). The van der Waals surface area contributed by atoms with Gasteiger partial charge in [0.2, 0.25) is 0 Å². The molecule has 0 aliphatic rings. The van der Waals surface area contributed by atoms with Gasteiger partial charge >= 0.3 is 0 Å². The number of rotatable bonds is 4. The van der Waals surface area contributed by atoms with Gasteiger partial charge in [0.1, 0.15) is 0 Å². The quantitative estimate of drug-likeness (QED) is 0.787. The lowest BCUT2D eigenvalue weighted by Crippen LogP contribution is -2.31. The van der Waals surface area contributed by atoms with Crippen LogP contribution in [0, 0.1) is 0 Å². The number of benzene rings is 1. The molecule has 3 heteroatoms. The lowest BCUT2D eigenvalue weighted by molar-refractivity contribution is 0.0939. The highest BCUT2D eigenvalue weighted by molar-refractivity contribution is 5.94. The Morgan fingerprint density at radius 2 is 2.27 bits per heavy atom. The van der Waals surface area contributed by atoms with Crippen molar-refractivity contribution in [2.45, 2.75) is 32.9 Å². The third-order valence-corrected chi connectivity index (χ3v) is 2.41. The molecule has 0 saturated carbocycles. The average Bonchev–Trinajstić information content (AvgIpc) is 2.28. The molecule has 3 nitrogen and oxygen atoms in total. The summed E-state index contributed by atoms with van der Waals surface area (Å²) in [5.41, 5.74) is 7.17. The first-order valence-corrected chi connectivity index (χ1v) is 5.27. The molecule has 0 aliphatic heterocycles. The first kappa shape index (κ1) is 11.7. The van der Waals surface area contributed by atoms with Crippen molar-refractivity contribution in [3.63, 3.8) is 0 Å². The molecule has 3 N–H and O–H groups in total. The number of nitrogens with two attached hydrogens (primary N) is 1. The van der Waals surface area contributed by atoms with Crippen LogP contribution in [0.1, 0.15) is 36.2 Å². The van der Waals surface area contributed by atoms with E-state index in [1.807, 2.05) is 32.0 Å². The number of amides is 1. The van der Waals surface area contributed by atoms with Crippen LogP contribution in [-0.4, -0.2) is 11.9 Å². The molecule has 0 fully saturated rings. The minimum atomic E-state index is -0.0281. The monoisotopic (exact) mass is 206 g/mol. The van der Waals surface area contributed by atoms with Gasteiger partial charge in [-0.25, -0.2) is 0 Å². The lowest BCUT2D eigenvalue weighted by atomic mass is 10.1. The molecule has 0 heterocycles. The molecule has 0 bridgehead atoms. The molecule has 1 rings (SSSR count). The minimum Gasteiger partial charge on any atom is -0.350 e. The van der Waals surface area contributed by atoms with Crippen molar-refractivity contribution in [3.05, 3.63) is 35.4 Å². The maximum atomic E-state index is 11.7.